The molecule has 200 valence electrons. The van der Waals surface area contributed by atoms with Crippen LogP contribution >= 0.6 is 0 Å². The molecule has 1 saturated heterocycles. The van der Waals surface area contributed by atoms with Crippen LogP contribution < -0.4 is 5.73 Å². The van der Waals surface area contributed by atoms with Crippen molar-refractivity contribution in [2.45, 2.75) is 57.2 Å². The van der Waals surface area contributed by atoms with Gasteiger partial charge in [-0.3, -0.25) is 4.79 Å². The number of ether oxygens (including phenoxy) is 2. The molecular formula is C35H37NO3. The number of primary amides is 1. The van der Waals surface area contributed by atoms with Gasteiger partial charge in [-0.15, -0.1) is 0 Å². The highest BCUT2D eigenvalue weighted by Gasteiger charge is 2.53. The van der Waals surface area contributed by atoms with Crippen LogP contribution in [0.25, 0.3) is 12.2 Å². The SMILES string of the molecule is C[C@]12CCC3c4ccc(/C=C/COCc5ccccc5)cc4CCC3C1C/C(=C\c1cccc(C(N)=O)c1)O2. The number of hydrogen-bond acceptors (Lipinski definition) is 3. The van der Waals surface area contributed by atoms with Crippen molar-refractivity contribution in [1.29, 1.82) is 0 Å². The number of allylic oxidation sites excluding steroid dienone is 1. The van der Waals surface area contributed by atoms with E-state index in [9.17, 15) is 4.79 Å². The van der Waals surface area contributed by atoms with Crippen LogP contribution in [0.4, 0.5) is 0 Å². The van der Waals surface area contributed by atoms with Crippen LogP contribution in [0.15, 0.2) is 84.6 Å². The Kier molecular flexibility index (Phi) is 7.14. The first-order valence-electron chi connectivity index (χ1n) is 14.2. The lowest BCUT2D eigenvalue weighted by molar-refractivity contribution is -0.0386. The standard InChI is InChI=1S/C35H37NO3/c1-35-17-16-31-30-14-12-24(10-6-18-38-23-25-7-3-2-4-8-25)19-27(30)13-15-32(31)33(35)22-29(39-35)21-26-9-5-11-28(20-26)34(36)37/h2-12,14,19-21,31-33H,13,15-18,22-23H2,1H3,(H2,36,37)/b10-6+,29-21+/t31?,32?,33?,35-/m0/s1. The van der Waals surface area contributed by atoms with Crippen molar-refractivity contribution in [3.05, 3.63) is 118 Å². The van der Waals surface area contributed by atoms with Crippen molar-refractivity contribution in [3.8, 4) is 0 Å². The highest BCUT2D eigenvalue weighted by molar-refractivity contribution is 5.93. The van der Waals surface area contributed by atoms with Crippen molar-refractivity contribution < 1.29 is 14.3 Å². The summed E-state index contributed by atoms with van der Waals surface area (Å²) in [6, 6.07) is 24.8. The van der Waals surface area contributed by atoms with Crippen LogP contribution in [0.1, 0.15) is 76.7 Å². The van der Waals surface area contributed by atoms with Crippen molar-refractivity contribution in [1.82, 2.24) is 0 Å². The molecular weight excluding hydrogens is 482 g/mol. The van der Waals surface area contributed by atoms with E-state index in [4.69, 9.17) is 15.2 Å². The number of benzene rings is 3. The number of hydrogen-bond donors (Lipinski definition) is 1. The largest absolute Gasteiger partial charge is 0.492 e. The highest BCUT2D eigenvalue weighted by atomic mass is 16.5. The predicted molar refractivity (Wildman–Crippen MR) is 156 cm³/mol. The van der Waals surface area contributed by atoms with Crippen molar-refractivity contribution in [3.63, 3.8) is 0 Å². The Labute approximate surface area is 231 Å². The first kappa shape index (κ1) is 25.6. The van der Waals surface area contributed by atoms with Gasteiger partial charge >= 0.3 is 0 Å². The van der Waals surface area contributed by atoms with Crippen molar-refractivity contribution in [2.75, 3.05) is 6.61 Å². The second-order valence-corrected chi connectivity index (χ2v) is 11.5. The zero-order valence-electron chi connectivity index (χ0n) is 22.6. The number of fused-ring (bicyclic) bond motifs is 5. The van der Waals surface area contributed by atoms with Crippen LogP contribution in [0.5, 0.6) is 0 Å². The van der Waals surface area contributed by atoms with Gasteiger partial charge in [-0.1, -0.05) is 72.8 Å². The minimum absolute atomic E-state index is 0.117. The first-order valence-corrected chi connectivity index (χ1v) is 14.2. The maximum absolute atomic E-state index is 11.6. The lowest BCUT2D eigenvalue weighted by atomic mass is 9.58. The average Bonchev–Trinajstić information content (AvgIpc) is 3.29. The number of carbonyl (C=O) groups excluding carboxylic acids is 1. The van der Waals surface area contributed by atoms with Gasteiger partial charge in [-0.25, -0.2) is 0 Å². The summed E-state index contributed by atoms with van der Waals surface area (Å²) < 4.78 is 12.4. The predicted octanol–water partition coefficient (Wildman–Crippen LogP) is 7.29. The summed E-state index contributed by atoms with van der Waals surface area (Å²) in [5.74, 6) is 2.37. The summed E-state index contributed by atoms with van der Waals surface area (Å²) >= 11 is 0. The quantitative estimate of drug-likeness (QED) is 0.333. The normalized spacial score (nSPS) is 26.6. The lowest BCUT2D eigenvalue weighted by Gasteiger charge is -2.47. The van der Waals surface area contributed by atoms with Crippen LogP contribution in [0.3, 0.4) is 0 Å². The molecule has 1 aliphatic heterocycles. The fourth-order valence-electron chi connectivity index (χ4n) is 7.10. The zero-order valence-corrected chi connectivity index (χ0v) is 22.6. The summed E-state index contributed by atoms with van der Waals surface area (Å²) in [4.78, 5) is 11.6. The van der Waals surface area contributed by atoms with E-state index < -0.39 is 5.91 Å². The molecule has 0 spiro atoms. The molecule has 0 radical (unpaired) electrons. The second kappa shape index (κ2) is 10.9. The smallest absolute Gasteiger partial charge is 0.248 e. The highest BCUT2D eigenvalue weighted by Crippen LogP contribution is 2.58. The number of nitrogens with two attached hydrogens (primary N) is 1. The van der Waals surface area contributed by atoms with E-state index in [1.54, 1.807) is 6.07 Å². The maximum atomic E-state index is 11.6. The van der Waals surface area contributed by atoms with Gasteiger partial charge in [0.2, 0.25) is 5.91 Å². The molecule has 1 saturated carbocycles. The van der Waals surface area contributed by atoms with Gasteiger partial charge in [0.15, 0.2) is 0 Å². The molecule has 2 N–H and O–H groups in total. The third-order valence-electron chi connectivity index (χ3n) is 9.00. The van der Waals surface area contributed by atoms with Gasteiger partial charge < -0.3 is 15.2 Å². The fourth-order valence-corrected chi connectivity index (χ4v) is 7.10. The summed E-state index contributed by atoms with van der Waals surface area (Å²) in [6.07, 6.45) is 11.9. The molecule has 6 rings (SSSR count). The third-order valence-corrected chi connectivity index (χ3v) is 9.00. The number of aryl methyl sites for hydroxylation is 1. The van der Waals surface area contributed by atoms with Crippen LogP contribution in [-0.2, 0) is 22.5 Å². The second-order valence-electron chi connectivity index (χ2n) is 11.5. The monoisotopic (exact) mass is 519 g/mol. The van der Waals surface area contributed by atoms with Crippen LogP contribution in [0.2, 0.25) is 0 Å². The molecule has 0 aromatic heterocycles. The molecule has 2 aliphatic carbocycles. The minimum atomic E-state index is -0.401. The Morgan fingerprint density at radius 2 is 1.92 bits per heavy atom. The Morgan fingerprint density at radius 3 is 2.77 bits per heavy atom. The minimum Gasteiger partial charge on any atom is -0.492 e. The van der Waals surface area contributed by atoms with Crippen molar-refractivity contribution >= 4 is 18.1 Å². The van der Waals surface area contributed by atoms with Gasteiger partial charge in [0.1, 0.15) is 5.60 Å². The fraction of sp³-hybridized carbons (Fsp3) is 0.343. The van der Waals surface area contributed by atoms with Gasteiger partial charge in [-0.2, -0.15) is 0 Å². The molecule has 4 nitrogen and oxygen atoms in total. The van der Waals surface area contributed by atoms with Gasteiger partial charge in [-0.05, 0) is 90.5 Å². The number of rotatable bonds is 7. The van der Waals surface area contributed by atoms with E-state index >= 15 is 0 Å². The zero-order chi connectivity index (χ0) is 26.8. The Balaban J connectivity index is 1.12. The topological polar surface area (TPSA) is 61.5 Å². The third kappa shape index (κ3) is 5.44. The summed E-state index contributed by atoms with van der Waals surface area (Å²) in [5, 5.41) is 0. The summed E-state index contributed by atoms with van der Waals surface area (Å²) in [7, 11) is 0. The molecule has 1 heterocycles. The molecule has 1 amide bonds. The molecule has 4 heteroatoms. The summed E-state index contributed by atoms with van der Waals surface area (Å²) in [5.41, 5.74) is 12.4. The molecule has 2 fully saturated rings. The van der Waals surface area contributed by atoms with E-state index in [0.29, 0.717) is 36.5 Å². The first-order chi connectivity index (χ1) is 19.0. The van der Waals surface area contributed by atoms with E-state index in [1.165, 1.54) is 28.7 Å². The molecule has 3 aromatic rings. The van der Waals surface area contributed by atoms with Gasteiger partial charge in [0, 0.05) is 17.9 Å². The molecule has 4 atom stereocenters. The molecule has 39 heavy (non-hydrogen) atoms. The number of amides is 1. The Morgan fingerprint density at radius 1 is 1.05 bits per heavy atom. The maximum Gasteiger partial charge on any atom is 0.248 e. The summed E-state index contributed by atoms with van der Waals surface area (Å²) in [6.45, 7) is 3.55. The Hall–Kier alpha value is -3.63. The molecule has 3 aromatic carbocycles. The van der Waals surface area contributed by atoms with Crippen LogP contribution in [-0.4, -0.2) is 18.1 Å². The van der Waals surface area contributed by atoms with E-state index in [2.05, 4.69) is 55.5 Å². The van der Waals surface area contributed by atoms with Crippen molar-refractivity contribution in [2.24, 2.45) is 17.6 Å². The molecule has 3 unspecified atom stereocenters. The Bertz CT molecular complexity index is 1410. The number of carbonyl (C=O) groups is 1. The lowest BCUT2D eigenvalue weighted by Crippen LogP contribution is -2.44. The van der Waals surface area contributed by atoms with E-state index in [0.717, 1.165) is 37.0 Å². The van der Waals surface area contributed by atoms with Gasteiger partial charge in [0.05, 0.1) is 19.0 Å². The van der Waals surface area contributed by atoms with Crippen LogP contribution in [0, 0.1) is 11.8 Å². The van der Waals surface area contributed by atoms with Gasteiger partial charge in [0.25, 0.3) is 0 Å². The van der Waals surface area contributed by atoms with E-state index in [-0.39, 0.29) is 5.60 Å². The molecule has 0 bridgehead atoms. The van der Waals surface area contributed by atoms with E-state index in [1.807, 2.05) is 36.4 Å². The molecule has 3 aliphatic rings. The average molecular weight is 520 g/mol.